The van der Waals surface area contributed by atoms with E-state index >= 15 is 0 Å². The standard InChI is InChI=1S/C13H13N3O4S2/c1-8-3-4-10(20-8)9-7-12(15-14-9)16-22(17,18)13-11(19-2)5-6-21-13/h3-7H,1-2H3,(H2,14,15,16). The van der Waals surface area contributed by atoms with Crippen molar-refractivity contribution in [3.63, 3.8) is 0 Å². The Morgan fingerprint density at radius 1 is 1.36 bits per heavy atom. The molecule has 0 unspecified atom stereocenters. The number of furan rings is 1. The van der Waals surface area contributed by atoms with Crippen molar-refractivity contribution in [2.45, 2.75) is 11.1 Å². The number of methoxy groups -OCH3 is 1. The van der Waals surface area contributed by atoms with E-state index in [1.165, 1.54) is 7.11 Å². The van der Waals surface area contributed by atoms with E-state index in [1.54, 1.807) is 23.6 Å². The lowest BCUT2D eigenvalue weighted by atomic mass is 10.3. The molecule has 0 bridgehead atoms. The van der Waals surface area contributed by atoms with Crippen LogP contribution in [0.2, 0.25) is 0 Å². The maximum atomic E-state index is 12.3. The average Bonchev–Trinajstić information content (AvgIpc) is 3.17. The molecule has 0 aliphatic carbocycles. The number of aromatic nitrogens is 2. The van der Waals surface area contributed by atoms with Gasteiger partial charge >= 0.3 is 0 Å². The monoisotopic (exact) mass is 339 g/mol. The van der Waals surface area contributed by atoms with Gasteiger partial charge in [-0.15, -0.1) is 11.3 Å². The van der Waals surface area contributed by atoms with Crippen LogP contribution >= 0.6 is 11.3 Å². The highest BCUT2D eigenvalue weighted by molar-refractivity contribution is 7.94. The number of hydrogen-bond donors (Lipinski definition) is 2. The zero-order chi connectivity index (χ0) is 15.7. The Hall–Kier alpha value is -2.26. The molecule has 0 atom stereocenters. The molecule has 0 radical (unpaired) electrons. The van der Waals surface area contributed by atoms with Gasteiger partial charge in [-0.25, -0.2) is 8.42 Å². The van der Waals surface area contributed by atoms with E-state index in [4.69, 9.17) is 9.15 Å². The van der Waals surface area contributed by atoms with Crippen molar-refractivity contribution in [3.8, 4) is 17.2 Å². The second-order valence-corrected chi connectivity index (χ2v) is 7.25. The molecule has 3 aromatic heterocycles. The molecule has 3 aromatic rings. The summed E-state index contributed by atoms with van der Waals surface area (Å²) in [6, 6.07) is 6.76. The van der Waals surface area contributed by atoms with Gasteiger partial charge in [-0.2, -0.15) is 5.10 Å². The number of aromatic amines is 1. The Morgan fingerprint density at radius 3 is 2.86 bits per heavy atom. The number of sulfonamides is 1. The van der Waals surface area contributed by atoms with Crippen LogP contribution in [0, 0.1) is 6.92 Å². The molecular weight excluding hydrogens is 326 g/mol. The van der Waals surface area contributed by atoms with Gasteiger partial charge in [-0.1, -0.05) is 0 Å². The van der Waals surface area contributed by atoms with E-state index in [0.29, 0.717) is 17.2 Å². The van der Waals surface area contributed by atoms with Gasteiger partial charge in [0.15, 0.2) is 15.8 Å². The molecule has 9 heteroatoms. The molecular formula is C13H13N3O4S2. The molecule has 0 saturated carbocycles. The molecule has 0 aliphatic rings. The van der Waals surface area contributed by atoms with Gasteiger partial charge in [0.25, 0.3) is 10.0 Å². The summed E-state index contributed by atoms with van der Waals surface area (Å²) in [6.45, 7) is 1.83. The number of aryl methyl sites for hydroxylation is 1. The van der Waals surface area contributed by atoms with Crippen molar-refractivity contribution in [1.82, 2.24) is 10.2 Å². The highest BCUT2D eigenvalue weighted by atomic mass is 32.2. The maximum absolute atomic E-state index is 12.3. The molecule has 7 nitrogen and oxygen atoms in total. The quantitative estimate of drug-likeness (QED) is 0.745. The van der Waals surface area contributed by atoms with Crippen molar-refractivity contribution >= 4 is 27.2 Å². The second-order valence-electron chi connectivity index (χ2n) is 4.46. The summed E-state index contributed by atoms with van der Waals surface area (Å²) in [4.78, 5) is 0. The summed E-state index contributed by atoms with van der Waals surface area (Å²) in [5.41, 5.74) is 0.587. The molecule has 0 spiro atoms. The van der Waals surface area contributed by atoms with Gasteiger partial charge in [0, 0.05) is 6.07 Å². The third kappa shape index (κ3) is 2.72. The Labute approximate surface area is 131 Å². The molecule has 0 aliphatic heterocycles. The minimum absolute atomic E-state index is 0.105. The van der Waals surface area contributed by atoms with Crippen LogP contribution in [0.3, 0.4) is 0 Å². The van der Waals surface area contributed by atoms with Crippen molar-refractivity contribution in [1.29, 1.82) is 0 Å². The number of hydrogen-bond acceptors (Lipinski definition) is 6. The Bertz CT molecular complexity index is 892. The Morgan fingerprint density at radius 2 is 2.18 bits per heavy atom. The van der Waals surface area contributed by atoms with Gasteiger partial charge in [0.1, 0.15) is 17.2 Å². The third-order valence-corrected chi connectivity index (χ3v) is 5.68. The lowest BCUT2D eigenvalue weighted by Crippen LogP contribution is -2.12. The smallest absolute Gasteiger partial charge is 0.276 e. The van der Waals surface area contributed by atoms with Gasteiger partial charge in [-0.05, 0) is 30.5 Å². The van der Waals surface area contributed by atoms with Gasteiger partial charge in [0.2, 0.25) is 0 Å². The lowest BCUT2D eigenvalue weighted by Gasteiger charge is -2.04. The summed E-state index contributed by atoms with van der Waals surface area (Å²) in [7, 11) is -2.32. The van der Waals surface area contributed by atoms with Crippen LogP contribution in [0.25, 0.3) is 11.5 Å². The van der Waals surface area contributed by atoms with Crippen LogP contribution in [0.1, 0.15) is 5.76 Å². The fourth-order valence-electron chi connectivity index (χ4n) is 1.89. The van der Waals surface area contributed by atoms with Crippen molar-refractivity contribution < 1.29 is 17.6 Å². The summed E-state index contributed by atoms with van der Waals surface area (Å²) < 4.78 is 37.7. The van der Waals surface area contributed by atoms with Gasteiger partial charge in [0.05, 0.1) is 7.11 Å². The first-order valence-corrected chi connectivity index (χ1v) is 8.62. The normalized spacial score (nSPS) is 11.5. The van der Waals surface area contributed by atoms with Crippen LogP contribution in [0.4, 0.5) is 5.82 Å². The minimum atomic E-state index is -3.75. The second kappa shape index (κ2) is 5.50. The summed E-state index contributed by atoms with van der Waals surface area (Å²) in [6.07, 6.45) is 0. The fourth-order valence-corrected chi connectivity index (χ4v) is 4.16. The summed E-state index contributed by atoms with van der Waals surface area (Å²) >= 11 is 1.07. The number of rotatable bonds is 5. The summed E-state index contributed by atoms with van der Waals surface area (Å²) in [5.74, 6) is 1.83. The molecule has 0 amide bonds. The number of nitrogens with zero attached hydrogens (tertiary/aromatic N) is 1. The van der Waals surface area contributed by atoms with Crippen LogP contribution in [-0.4, -0.2) is 25.7 Å². The van der Waals surface area contributed by atoms with Crippen LogP contribution in [0.15, 0.2) is 38.3 Å². The minimum Gasteiger partial charge on any atom is -0.494 e. The van der Waals surface area contributed by atoms with Gasteiger partial charge in [-0.3, -0.25) is 9.82 Å². The number of nitrogens with one attached hydrogen (secondary N) is 2. The molecule has 2 N–H and O–H groups in total. The van der Waals surface area contributed by atoms with Crippen LogP contribution < -0.4 is 9.46 Å². The van der Waals surface area contributed by atoms with E-state index in [-0.39, 0.29) is 10.0 Å². The van der Waals surface area contributed by atoms with E-state index in [0.717, 1.165) is 17.1 Å². The number of thiophene rings is 1. The van der Waals surface area contributed by atoms with E-state index < -0.39 is 10.0 Å². The van der Waals surface area contributed by atoms with E-state index in [1.807, 2.05) is 13.0 Å². The SMILES string of the molecule is COc1ccsc1S(=O)(=O)Nc1cc(-c2ccc(C)o2)[nH]n1. The largest absolute Gasteiger partial charge is 0.494 e. The van der Waals surface area contributed by atoms with E-state index in [2.05, 4.69) is 14.9 Å². The number of ether oxygens (including phenoxy) is 1. The van der Waals surface area contributed by atoms with Crippen LogP contribution in [0.5, 0.6) is 5.75 Å². The molecule has 116 valence electrons. The predicted molar refractivity (Wildman–Crippen MR) is 82.7 cm³/mol. The number of H-pyrrole nitrogens is 1. The first-order valence-electron chi connectivity index (χ1n) is 6.26. The molecule has 22 heavy (non-hydrogen) atoms. The zero-order valence-electron chi connectivity index (χ0n) is 11.8. The van der Waals surface area contributed by atoms with Crippen molar-refractivity contribution in [2.75, 3.05) is 11.8 Å². The Kier molecular flexibility index (Phi) is 3.67. The lowest BCUT2D eigenvalue weighted by molar-refractivity contribution is 0.406. The fraction of sp³-hybridized carbons (Fsp3) is 0.154. The average molecular weight is 339 g/mol. The third-order valence-electron chi connectivity index (χ3n) is 2.88. The molecule has 0 aromatic carbocycles. The zero-order valence-corrected chi connectivity index (χ0v) is 13.4. The molecule has 3 heterocycles. The van der Waals surface area contributed by atoms with Gasteiger partial charge < -0.3 is 9.15 Å². The first-order chi connectivity index (χ1) is 10.5. The van der Waals surface area contributed by atoms with Crippen molar-refractivity contribution in [2.24, 2.45) is 0 Å². The van der Waals surface area contributed by atoms with Crippen LogP contribution in [-0.2, 0) is 10.0 Å². The first kappa shape index (κ1) is 14.7. The topological polar surface area (TPSA) is 97.2 Å². The Balaban J connectivity index is 1.86. The molecule has 0 saturated heterocycles. The highest BCUT2D eigenvalue weighted by Crippen LogP contribution is 2.31. The molecule has 0 fully saturated rings. The highest BCUT2D eigenvalue weighted by Gasteiger charge is 2.22. The summed E-state index contributed by atoms with van der Waals surface area (Å²) in [5, 5.41) is 8.32. The maximum Gasteiger partial charge on any atom is 0.276 e. The van der Waals surface area contributed by atoms with Crippen molar-refractivity contribution in [3.05, 3.63) is 35.4 Å². The van der Waals surface area contributed by atoms with E-state index in [9.17, 15) is 8.42 Å². The number of anilines is 1. The predicted octanol–water partition coefficient (Wildman–Crippen LogP) is 2.85. The molecule has 3 rings (SSSR count).